The Kier molecular flexibility index (Phi) is 4.94. The van der Waals surface area contributed by atoms with Crippen molar-refractivity contribution in [2.75, 3.05) is 19.8 Å². The van der Waals surface area contributed by atoms with Gasteiger partial charge in [-0.1, -0.05) is 0 Å². The van der Waals surface area contributed by atoms with Gasteiger partial charge in [-0.25, -0.2) is 4.79 Å². The zero-order valence-corrected chi connectivity index (χ0v) is 9.42. The number of carboxylic acid groups (broad SMARTS) is 1. The van der Waals surface area contributed by atoms with Gasteiger partial charge >= 0.3 is 5.97 Å². The van der Waals surface area contributed by atoms with Crippen molar-refractivity contribution in [1.82, 2.24) is 5.32 Å². The molecule has 1 aromatic rings. The first kappa shape index (κ1) is 13.8. The number of hydrogen-bond donors (Lipinski definition) is 4. The van der Waals surface area contributed by atoms with E-state index in [1.165, 1.54) is 12.1 Å². The van der Waals surface area contributed by atoms with Gasteiger partial charge in [0.15, 0.2) is 0 Å². The van der Waals surface area contributed by atoms with Gasteiger partial charge in [0, 0.05) is 6.54 Å². The van der Waals surface area contributed by atoms with Crippen molar-refractivity contribution >= 4 is 11.9 Å². The first-order valence-electron chi connectivity index (χ1n) is 5.10. The minimum absolute atomic E-state index is 0.0393. The summed E-state index contributed by atoms with van der Waals surface area (Å²) in [6, 6.07) is 3.58. The van der Waals surface area contributed by atoms with Crippen LogP contribution in [-0.4, -0.2) is 47.0 Å². The van der Waals surface area contributed by atoms with E-state index in [4.69, 9.17) is 9.84 Å². The lowest BCUT2D eigenvalue weighted by Crippen LogP contribution is -2.28. The fourth-order valence-corrected chi connectivity index (χ4v) is 1.20. The Bertz CT molecular complexity index is 445. The highest BCUT2D eigenvalue weighted by Crippen LogP contribution is 2.21. The summed E-state index contributed by atoms with van der Waals surface area (Å²) < 4.78 is 4.71. The largest absolute Gasteiger partial charge is 0.508 e. The highest BCUT2D eigenvalue weighted by Gasteiger charge is 2.11. The second-order valence-electron chi connectivity index (χ2n) is 3.40. The molecule has 4 N–H and O–H groups in total. The van der Waals surface area contributed by atoms with Crippen molar-refractivity contribution in [3.05, 3.63) is 23.8 Å². The maximum Gasteiger partial charge on any atom is 0.329 e. The molecule has 0 spiro atoms. The van der Waals surface area contributed by atoms with Gasteiger partial charge in [0.1, 0.15) is 18.1 Å². The van der Waals surface area contributed by atoms with Crippen LogP contribution < -0.4 is 5.32 Å². The maximum atomic E-state index is 11.6. The summed E-state index contributed by atoms with van der Waals surface area (Å²) in [5.41, 5.74) is -0.0618. The summed E-state index contributed by atoms with van der Waals surface area (Å²) >= 11 is 0. The summed E-state index contributed by atoms with van der Waals surface area (Å²) in [6.45, 7) is -0.300. The van der Waals surface area contributed by atoms with E-state index in [1.54, 1.807) is 0 Å². The molecule has 0 aliphatic carbocycles. The SMILES string of the molecule is O=C(O)COCCNC(=O)c1cc(O)ccc1O. The lowest BCUT2D eigenvalue weighted by atomic mass is 10.2. The Morgan fingerprint density at radius 3 is 2.67 bits per heavy atom. The normalized spacial score (nSPS) is 10.0. The van der Waals surface area contributed by atoms with E-state index in [1.807, 2.05) is 0 Å². The summed E-state index contributed by atoms with van der Waals surface area (Å²) in [7, 11) is 0. The van der Waals surface area contributed by atoms with Crippen LogP contribution >= 0.6 is 0 Å². The van der Waals surface area contributed by atoms with Gasteiger partial charge in [-0.05, 0) is 18.2 Å². The molecule has 1 rings (SSSR count). The molecule has 18 heavy (non-hydrogen) atoms. The maximum absolute atomic E-state index is 11.6. The molecule has 98 valence electrons. The second kappa shape index (κ2) is 6.45. The van der Waals surface area contributed by atoms with Gasteiger partial charge < -0.3 is 25.4 Å². The van der Waals surface area contributed by atoms with Gasteiger partial charge in [0.25, 0.3) is 5.91 Å². The molecular weight excluding hydrogens is 242 g/mol. The average molecular weight is 255 g/mol. The number of rotatable bonds is 6. The Morgan fingerprint density at radius 2 is 2.00 bits per heavy atom. The van der Waals surface area contributed by atoms with E-state index in [0.717, 1.165) is 6.07 Å². The van der Waals surface area contributed by atoms with Crippen LogP contribution in [-0.2, 0) is 9.53 Å². The summed E-state index contributed by atoms with van der Waals surface area (Å²) in [5, 5.41) is 29.3. The Balaban J connectivity index is 2.41. The third kappa shape index (κ3) is 4.30. The van der Waals surface area contributed by atoms with Gasteiger partial charge in [-0.3, -0.25) is 4.79 Å². The molecule has 0 bridgehead atoms. The molecule has 0 atom stereocenters. The minimum atomic E-state index is -1.09. The Morgan fingerprint density at radius 1 is 1.28 bits per heavy atom. The fraction of sp³-hybridized carbons (Fsp3) is 0.273. The molecular formula is C11H13NO6. The monoisotopic (exact) mass is 255 g/mol. The molecule has 0 unspecified atom stereocenters. The number of carbonyl (C=O) groups is 2. The number of phenolic OH excluding ortho intramolecular Hbond substituents is 2. The van der Waals surface area contributed by atoms with Gasteiger partial charge in [0.2, 0.25) is 0 Å². The van der Waals surface area contributed by atoms with Crippen molar-refractivity contribution in [1.29, 1.82) is 0 Å². The van der Waals surface area contributed by atoms with E-state index < -0.39 is 18.5 Å². The van der Waals surface area contributed by atoms with Crippen LogP contribution in [0.2, 0.25) is 0 Å². The number of ether oxygens (including phenoxy) is 1. The average Bonchev–Trinajstić information content (AvgIpc) is 2.31. The zero-order chi connectivity index (χ0) is 13.5. The molecule has 0 heterocycles. The summed E-state index contributed by atoms with van der Waals surface area (Å²) in [5.74, 6) is -2.06. The second-order valence-corrected chi connectivity index (χ2v) is 3.40. The number of amides is 1. The molecule has 1 amide bonds. The number of carboxylic acids is 1. The smallest absolute Gasteiger partial charge is 0.329 e. The predicted octanol–water partition coefficient (Wildman–Crippen LogP) is -0.0712. The number of aliphatic carboxylic acids is 1. The first-order chi connectivity index (χ1) is 8.50. The van der Waals surface area contributed by atoms with Crippen molar-refractivity contribution in [3.8, 4) is 11.5 Å². The molecule has 0 saturated carbocycles. The Hall–Kier alpha value is -2.28. The zero-order valence-electron chi connectivity index (χ0n) is 9.42. The van der Waals surface area contributed by atoms with E-state index in [0.29, 0.717) is 0 Å². The molecule has 7 heteroatoms. The van der Waals surface area contributed by atoms with Crippen LogP contribution in [0.15, 0.2) is 18.2 Å². The lowest BCUT2D eigenvalue weighted by Gasteiger charge is -2.07. The lowest BCUT2D eigenvalue weighted by molar-refractivity contribution is -0.142. The molecule has 1 aromatic carbocycles. The molecule has 0 aliphatic rings. The van der Waals surface area contributed by atoms with Crippen LogP contribution in [0.4, 0.5) is 0 Å². The third-order valence-electron chi connectivity index (χ3n) is 1.98. The van der Waals surface area contributed by atoms with Gasteiger partial charge in [0.05, 0.1) is 12.2 Å². The molecule has 0 fully saturated rings. The number of aromatic hydroxyl groups is 2. The summed E-state index contributed by atoms with van der Waals surface area (Å²) in [6.07, 6.45) is 0. The predicted molar refractivity (Wildman–Crippen MR) is 60.6 cm³/mol. The molecule has 0 saturated heterocycles. The molecule has 7 nitrogen and oxygen atoms in total. The van der Waals surface area contributed by atoms with Crippen LogP contribution in [0.5, 0.6) is 11.5 Å². The first-order valence-corrected chi connectivity index (χ1v) is 5.10. The van der Waals surface area contributed by atoms with Crippen molar-refractivity contribution in [3.63, 3.8) is 0 Å². The van der Waals surface area contributed by atoms with E-state index in [-0.39, 0.29) is 30.2 Å². The third-order valence-corrected chi connectivity index (χ3v) is 1.98. The highest BCUT2D eigenvalue weighted by atomic mass is 16.5. The number of nitrogens with one attached hydrogen (secondary N) is 1. The van der Waals surface area contributed by atoms with Crippen LogP contribution in [0, 0.1) is 0 Å². The highest BCUT2D eigenvalue weighted by molar-refractivity contribution is 5.97. The van der Waals surface area contributed by atoms with Gasteiger partial charge in [-0.15, -0.1) is 0 Å². The van der Waals surface area contributed by atoms with Gasteiger partial charge in [-0.2, -0.15) is 0 Å². The minimum Gasteiger partial charge on any atom is -0.508 e. The quantitative estimate of drug-likeness (QED) is 0.417. The van der Waals surface area contributed by atoms with Crippen molar-refractivity contribution < 1.29 is 29.6 Å². The van der Waals surface area contributed by atoms with Crippen LogP contribution in [0.3, 0.4) is 0 Å². The Labute approximate surface area is 103 Å². The van der Waals surface area contributed by atoms with E-state index in [9.17, 15) is 19.8 Å². The number of benzene rings is 1. The number of carbonyl (C=O) groups excluding carboxylic acids is 1. The van der Waals surface area contributed by atoms with Crippen molar-refractivity contribution in [2.24, 2.45) is 0 Å². The molecule has 0 radical (unpaired) electrons. The summed E-state index contributed by atoms with van der Waals surface area (Å²) in [4.78, 5) is 21.7. The van der Waals surface area contributed by atoms with Crippen molar-refractivity contribution in [2.45, 2.75) is 0 Å². The topological polar surface area (TPSA) is 116 Å². The number of phenols is 2. The van der Waals surface area contributed by atoms with E-state index in [2.05, 4.69) is 5.32 Å². The number of hydrogen-bond acceptors (Lipinski definition) is 5. The van der Waals surface area contributed by atoms with Crippen LogP contribution in [0.1, 0.15) is 10.4 Å². The van der Waals surface area contributed by atoms with E-state index >= 15 is 0 Å². The molecule has 0 aliphatic heterocycles. The van der Waals surface area contributed by atoms with Crippen LogP contribution in [0.25, 0.3) is 0 Å². The standard InChI is InChI=1S/C11H13NO6/c13-7-1-2-9(14)8(5-7)11(17)12-3-4-18-6-10(15)16/h1-2,5,13-14H,3-4,6H2,(H,12,17)(H,15,16). The molecule has 0 aromatic heterocycles. The fourth-order valence-electron chi connectivity index (χ4n) is 1.20.